The third-order valence-electron chi connectivity index (χ3n) is 7.53. The van der Waals surface area contributed by atoms with Crippen LogP contribution in [0.1, 0.15) is 91.8 Å². The Bertz CT molecular complexity index is 1370. The molecule has 0 aliphatic heterocycles. The van der Waals surface area contributed by atoms with Crippen LogP contribution in [0.4, 0.5) is 13.2 Å². The molecule has 1 unspecified atom stereocenters. The normalized spacial score (nSPS) is 11.9. The molecule has 9 heteroatoms. The maximum Gasteiger partial charge on any atom is 0.414 e. The zero-order valence-corrected chi connectivity index (χ0v) is 27.1. The summed E-state index contributed by atoms with van der Waals surface area (Å²) in [6.45, 7) is 5.69. The van der Waals surface area contributed by atoms with E-state index in [0.29, 0.717) is 18.8 Å². The predicted octanol–water partition coefficient (Wildman–Crippen LogP) is 10.2. The van der Waals surface area contributed by atoms with Gasteiger partial charge in [0.25, 0.3) is 0 Å². The summed E-state index contributed by atoms with van der Waals surface area (Å²) in [5, 5.41) is 0. The fourth-order valence-electron chi connectivity index (χ4n) is 4.90. The van der Waals surface area contributed by atoms with Crippen LogP contribution in [0, 0.1) is 0 Å². The Hall–Kier alpha value is -4.11. The molecular weight excluding hydrogens is 609 g/mol. The van der Waals surface area contributed by atoms with E-state index in [0.717, 1.165) is 36.8 Å². The number of ether oxygens (including phenoxy) is 4. The standard InChI is InChI=1S/C38H45F3O6/c1-3-5-6-7-8-9-10-11-14-27-45-35(38(39,40)41)25-28-46-37(43)33-15-12-13-16-34(33)47-36(42)31-19-17-29(18-20-31)30-21-23-32(24-22-30)44-26-4-2/h4,12-13,15-24,35H,2-3,5-11,14,25-28H2,1H3. The summed E-state index contributed by atoms with van der Waals surface area (Å²) in [4.78, 5) is 25.7. The summed E-state index contributed by atoms with van der Waals surface area (Å²) in [6.07, 6.45) is 3.92. The lowest BCUT2D eigenvalue weighted by Gasteiger charge is -2.21. The number of unbranched alkanes of at least 4 members (excludes halogenated alkanes) is 8. The van der Waals surface area contributed by atoms with Crippen LogP contribution in [0.3, 0.4) is 0 Å². The van der Waals surface area contributed by atoms with Crippen LogP contribution >= 0.6 is 0 Å². The maximum absolute atomic E-state index is 13.6. The van der Waals surface area contributed by atoms with Gasteiger partial charge >= 0.3 is 18.1 Å². The molecule has 3 aromatic carbocycles. The molecule has 0 radical (unpaired) electrons. The first-order valence-electron chi connectivity index (χ1n) is 16.3. The first kappa shape index (κ1) is 37.3. The Morgan fingerprint density at radius 3 is 1.98 bits per heavy atom. The number of benzene rings is 3. The molecule has 6 nitrogen and oxygen atoms in total. The van der Waals surface area contributed by atoms with Crippen molar-refractivity contribution in [2.24, 2.45) is 0 Å². The van der Waals surface area contributed by atoms with Crippen LogP contribution < -0.4 is 9.47 Å². The first-order valence-corrected chi connectivity index (χ1v) is 16.3. The maximum atomic E-state index is 13.6. The van der Waals surface area contributed by atoms with Gasteiger partial charge in [0, 0.05) is 13.0 Å². The second-order valence-electron chi connectivity index (χ2n) is 11.2. The van der Waals surface area contributed by atoms with Crippen LogP contribution in [0.5, 0.6) is 11.5 Å². The Kier molecular flexibility index (Phi) is 16.0. The second kappa shape index (κ2) is 20.2. The minimum Gasteiger partial charge on any atom is -0.490 e. The van der Waals surface area contributed by atoms with E-state index in [-0.39, 0.29) is 23.5 Å². The van der Waals surface area contributed by atoms with Crippen LogP contribution in [0.15, 0.2) is 85.5 Å². The molecule has 0 aromatic heterocycles. The molecule has 254 valence electrons. The molecule has 0 fully saturated rings. The Labute approximate surface area is 275 Å². The number of halogens is 3. The largest absolute Gasteiger partial charge is 0.490 e. The van der Waals surface area contributed by atoms with Gasteiger partial charge in [0.1, 0.15) is 23.7 Å². The lowest BCUT2D eigenvalue weighted by molar-refractivity contribution is -0.224. The number of hydrogen-bond acceptors (Lipinski definition) is 6. The van der Waals surface area contributed by atoms with Gasteiger partial charge in [0.15, 0.2) is 6.10 Å². The number of rotatable bonds is 21. The van der Waals surface area contributed by atoms with Gasteiger partial charge in [-0.2, -0.15) is 13.2 Å². The molecule has 3 aromatic rings. The molecule has 0 amide bonds. The van der Waals surface area contributed by atoms with Crippen molar-refractivity contribution in [3.05, 3.63) is 96.6 Å². The van der Waals surface area contributed by atoms with Crippen LogP contribution in [0.25, 0.3) is 11.1 Å². The number of carbonyl (C=O) groups excluding carboxylic acids is 2. The van der Waals surface area contributed by atoms with Crippen LogP contribution in [0.2, 0.25) is 0 Å². The minimum atomic E-state index is -4.59. The van der Waals surface area contributed by atoms with E-state index in [1.807, 2.05) is 24.3 Å². The monoisotopic (exact) mass is 654 g/mol. The third-order valence-corrected chi connectivity index (χ3v) is 7.53. The molecule has 47 heavy (non-hydrogen) atoms. The molecule has 0 N–H and O–H groups in total. The number of esters is 2. The van der Waals surface area contributed by atoms with E-state index < -0.39 is 37.2 Å². The summed E-state index contributed by atoms with van der Waals surface area (Å²) < 4.78 is 62.0. The van der Waals surface area contributed by atoms with Crippen molar-refractivity contribution in [1.29, 1.82) is 0 Å². The number of alkyl halides is 3. The SMILES string of the molecule is C=CCOc1ccc(-c2ccc(C(=O)Oc3ccccc3C(=O)OCCC(OCCCCCCCCCCC)C(F)(F)F)cc2)cc1. The second-order valence-corrected chi connectivity index (χ2v) is 11.2. The lowest BCUT2D eigenvalue weighted by atomic mass is 10.0. The molecule has 0 spiro atoms. The zero-order valence-electron chi connectivity index (χ0n) is 27.1. The van der Waals surface area contributed by atoms with E-state index in [4.69, 9.17) is 18.9 Å². The fourth-order valence-corrected chi connectivity index (χ4v) is 4.90. The highest BCUT2D eigenvalue weighted by atomic mass is 19.4. The van der Waals surface area contributed by atoms with Crippen molar-refractivity contribution >= 4 is 11.9 Å². The van der Waals surface area contributed by atoms with Crippen LogP contribution in [-0.2, 0) is 9.47 Å². The summed E-state index contributed by atoms with van der Waals surface area (Å²) in [5.41, 5.74) is 1.97. The van der Waals surface area contributed by atoms with Crippen LogP contribution in [-0.4, -0.2) is 44.0 Å². The van der Waals surface area contributed by atoms with Crippen molar-refractivity contribution < 1.29 is 41.7 Å². The van der Waals surface area contributed by atoms with Crippen molar-refractivity contribution in [1.82, 2.24) is 0 Å². The highest BCUT2D eigenvalue weighted by molar-refractivity contribution is 5.96. The predicted molar refractivity (Wildman–Crippen MR) is 177 cm³/mol. The zero-order chi connectivity index (χ0) is 33.9. The van der Waals surface area contributed by atoms with E-state index in [1.165, 1.54) is 37.8 Å². The minimum absolute atomic E-state index is 0.00887. The molecule has 0 bridgehead atoms. The average molecular weight is 655 g/mol. The molecule has 0 aliphatic carbocycles. The van der Waals surface area contributed by atoms with Gasteiger partial charge < -0.3 is 18.9 Å². The number of hydrogen-bond donors (Lipinski definition) is 0. The first-order chi connectivity index (χ1) is 22.7. The number of para-hydroxylation sites is 1. The fraction of sp³-hybridized carbons (Fsp3) is 0.421. The number of carbonyl (C=O) groups is 2. The molecule has 0 saturated heterocycles. The van der Waals surface area contributed by atoms with E-state index in [9.17, 15) is 22.8 Å². The van der Waals surface area contributed by atoms with E-state index >= 15 is 0 Å². The molecule has 0 saturated carbocycles. The molecule has 1 atom stereocenters. The van der Waals surface area contributed by atoms with Gasteiger partial charge in [-0.25, -0.2) is 9.59 Å². The molecule has 0 aliphatic rings. The van der Waals surface area contributed by atoms with Gasteiger partial charge in [-0.1, -0.05) is 107 Å². The quantitative estimate of drug-likeness (QED) is 0.0493. The molecular formula is C38H45F3O6. The Morgan fingerprint density at radius 1 is 0.766 bits per heavy atom. The van der Waals surface area contributed by atoms with E-state index in [2.05, 4.69) is 13.5 Å². The van der Waals surface area contributed by atoms with Crippen molar-refractivity contribution in [2.75, 3.05) is 19.8 Å². The summed E-state index contributed by atoms with van der Waals surface area (Å²) in [5.74, 6) is -0.948. The average Bonchev–Trinajstić information content (AvgIpc) is 3.07. The van der Waals surface area contributed by atoms with Gasteiger partial charge in [-0.3, -0.25) is 0 Å². The Balaban J connectivity index is 1.47. The van der Waals surface area contributed by atoms with E-state index in [1.54, 1.807) is 42.5 Å². The van der Waals surface area contributed by atoms with Crippen molar-refractivity contribution in [2.45, 2.75) is 83.4 Å². The van der Waals surface area contributed by atoms with Gasteiger partial charge in [0.2, 0.25) is 0 Å². The summed E-state index contributed by atoms with van der Waals surface area (Å²) in [6, 6.07) is 20.1. The Morgan fingerprint density at radius 2 is 1.36 bits per heavy atom. The highest BCUT2D eigenvalue weighted by Crippen LogP contribution is 2.27. The van der Waals surface area contributed by atoms with Crippen molar-refractivity contribution in [3.63, 3.8) is 0 Å². The third kappa shape index (κ3) is 13.3. The topological polar surface area (TPSA) is 71.1 Å². The van der Waals surface area contributed by atoms with Gasteiger partial charge in [-0.05, 0) is 53.9 Å². The highest BCUT2D eigenvalue weighted by Gasteiger charge is 2.40. The summed E-state index contributed by atoms with van der Waals surface area (Å²) >= 11 is 0. The summed E-state index contributed by atoms with van der Waals surface area (Å²) in [7, 11) is 0. The van der Waals surface area contributed by atoms with Gasteiger partial charge in [-0.15, -0.1) is 0 Å². The molecule has 3 rings (SSSR count). The van der Waals surface area contributed by atoms with Crippen molar-refractivity contribution in [3.8, 4) is 22.6 Å². The molecule has 0 heterocycles. The lowest BCUT2D eigenvalue weighted by Crippen LogP contribution is -2.33. The van der Waals surface area contributed by atoms with Gasteiger partial charge in [0.05, 0.1) is 12.2 Å². The smallest absolute Gasteiger partial charge is 0.414 e.